The van der Waals surface area contributed by atoms with Gasteiger partial charge in [0.05, 0.1) is 0 Å². The monoisotopic (exact) mass is 230 g/mol. The van der Waals surface area contributed by atoms with Crippen molar-refractivity contribution in [2.45, 2.75) is 32.7 Å². The van der Waals surface area contributed by atoms with Crippen molar-refractivity contribution >= 4 is 5.69 Å². The van der Waals surface area contributed by atoms with Crippen LogP contribution in [0.15, 0.2) is 18.2 Å². The largest absolute Gasteiger partial charge is 0.369 e. The zero-order valence-corrected chi connectivity index (χ0v) is 11.0. The maximum atomic E-state index is 3.57. The van der Waals surface area contributed by atoms with Crippen LogP contribution < -0.4 is 10.2 Å². The molecule has 3 atom stereocenters. The molecule has 3 rings (SSSR count). The first-order valence-corrected chi connectivity index (χ1v) is 6.80. The molecule has 1 aromatic rings. The molecule has 2 aliphatic heterocycles. The summed E-state index contributed by atoms with van der Waals surface area (Å²) in [6.07, 6.45) is 0. The topological polar surface area (TPSA) is 15.3 Å². The van der Waals surface area contributed by atoms with Crippen LogP contribution in [0.5, 0.6) is 0 Å². The van der Waals surface area contributed by atoms with Crippen LogP contribution >= 0.6 is 0 Å². The summed E-state index contributed by atoms with van der Waals surface area (Å²) in [7, 11) is 0. The molecule has 3 unspecified atom stereocenters. The molecular weight excluding hydrogens is 208 g/mol. The fraction of sp³-hybridized carbons (Fsp3) is 0.600. The lowest BCUT2D eigenvalue weighted by Crippen LogP contribution is -2.45. The van der Waals surface area contributed by atoms with E-state index in [1.165, 1.54) is 17.8 Å². The molecule has 2 heteroatoms. The van der Waals surface area contributed by atoms with Crippen molar-refractivity contribution in [3.63, 3.8) is 0 Å². The first-order valence-electron chi connectivity index (χ1n) is 6.80. The summed E-state index contributed by atoms with van der Waals surface area (Å²) in [6, 6.07) is 7.63. The van der Waals surface area contributed by atoms with Gasteiger partial charge in [0.15, 0.2) is 0 Å². The van der Waals surface area contributed by atoms with Crippen LogP contribution in [-0.2, 0) is 0 Å². The Balaban J connectivity index is 2.12. The van der Waals surface area contributed by atoms with E-state index in [9.17, 15) is 0 Å². The van der Waals surface area contributed by atoms with Crippen molar-refractivity contribution in [3.8, 4) is 0 Å². The molecule has 1 N–H and O–H groups in total. The molecule has 2 heterocycles. The first-order chi connectivity index (χ1) is 8.22. The van der Waals surface area contributed by atoms with Gasteiger partial charge in [-0.1, -0.05) is 17.7 Å². The van der Waals surface area contributed by atoms with Crippen molar-refractivity contribution in [3.05, 3.63) is 29.3 Å². The standard InChI is InChI=1S/C15H22N2/c1-4-17-11(3)13-8-16-9-14(13)12-7-10(2)5-6-15(12)17/h5-7,11,13-14,16H,4,8-9H2,1-3H3. The zero-order valence-electron chi connectivity index (χ0n) is 11.0. The van der Waals surface area contributed by atoms with E-state index >= 15 is 0 Å². The highest BCUT2D eigenvalue weighted by Crippen LogP contribution is 2.43. The molecule has 92 valence electrons. The number of nitrogens with zero attached hydrogens (tertiary/aromatic N) is 1. The van der Waals surface area contributed by atoms with Crippen LogP contribution in [0.25, 0.3) is 0 Å². The molecule has 2 nitrogen and oxygen atoms in total. The second-order valence-electron chi connectivity index (χ2n) is 5.52. The van der Waals surface area contributed by atoms with E-state index in [-0.39, 0.29) is 0 Å². The van der Waals surface area contributed by atoms with Gasteiger partial charge in [0.25, 0.3) is 0 Å². The molecule has 0 amide bonds. The normalized spacial score (nSPS) is 31.2. The highest BCUT2D eigenvalue weighted by molar-refractivity contribution is 5.60. The minimum atomic E-state index is 0.662. The molecule has 0 saturated carbocycles. The minimum absolute atomic E-state index is 0.662. The lowest BCUT2D eigenvalue weighted by Gasteiger charge is -2.43. The Morgan fingerprint density at radius 1 is 1.35 bits per heavy atom. The molecule has 0 spiro atoms. The molecular formula is C15H22N2. The number of hydrogen-bond donors (Lipinski definition) is 1. The molecule has 0 bridgehead atoms. The van der Waals surface area contributed by atoms with E-state index < -0.39 is 0 Å². The number of nitrogens with one attached hydrogen (secondary N) is 1. The van der Waals surface area contributed by atoms with Gasteiger partial charge < -0.3 is 10.2 Å². The fourth-order valence-corrected chi connectivity index (χ4v) is 3.69. The molecule has 0 radical (unpaired) electrons. The second-order valence-corrected chi connectivity index (χ2v) is 5.52. The summed E-state index contributed by atoms with van der Waals surface area (Å²) in [6.45, 7) is 10.3. The van der Waals surface area contributed by atoms with Crippen molar-refractivity contribution in [1.29, 1.82) is 0 Å². The smallest absolute Gasteiger partial charge is 0.0404 e. The van der Waals surface area contributed by atoms with Gasteiger partial charge in [-0.2, -0.15) is 0 Å². The average molecular weight is 230 g/mol. The third-order valence-electron chi connectivity index (χ3n) is 4.60. The van der Waals surface area contributed by atoms with Gasteiger partial charge in [0.1, 0.15) is 0 Å². The van der Waals surface area contributed by atoms with E-state index in [2.05, 4.69) is 49.2 Å². The summed E-state index contributed by atoms with van der Waals surface area (Å²) in [5, 5.41) is 3.57. The third-order valence-corrected chi connectivity index (χ3v) is 4.60. The predicted octanol–water partition coefficient (Wildman–Crippen LogP) is 2.53. The van der Waals surface area contributed by atoms with Crippen LogP contribution in [0.3, 0.4) is 0 Å². The molecule has 0 aromatic heterocycles. The highest BCUT2D eigenvalue weighted by atomic mass is 15.2. The van der Waals surface area contributed by atoms with Crippen molar-refractivity contribution in [1.82, 2.24) is 5.32 Å². The van der Waals surface area contributed by atoms with Gasteiger partial charge in [-0.05, 0) is 38.3 Å². The van der Waals surface area contributed by atoms with E-state index in [0.717, 1.165) is 24.9 Å². The minimum Gasteiger partial charge on any atom is -0.369 e. The maximum absolute atomic E-state index is 3.57. The van der Waals surface area contributed by atoms with Crippen LogP contribution in [0.4, 0.5) is 5.69 Å². The number of fused-ring (bicyclic) bond motifs is 3. The highest BCUT2D eigenvalue weighted by Gasteiger charge is 2.40. The number of anilines is 1. The fourth-order valence-electron chi connectivity index (χ4n) is 3.69. The number of benzene rings is 1. The van der Waals surface area contributed by atoms with Gasteiger partial charge in [0, 0.05) is 37.3 Å². The van der Waals surface area contributed by atoms with E-state index in [1.54, 1.807) is 5.56 Å². The van der Waals surface area contributed by atoms with Crippen LogP contribution in [0.2, 0.25) is 0 Å². The Bertz CT molecular complexity index is 427. The summed E-state index contributed by atoms with van der Waals surface area (Å²) in [5.41, 5.74) is 4.43. The van der Waals surface area contributed by atoms with E-state index in [4.69, 9.17) is 0 Å². The van der Waals surface area contributed by atoms with Crippen molar-refractivity contribution < 1.29 is 0 Å². The average Bonchev–Trinajstić information content (AvgIpc) is 2.80. The molecule has 2 aliphatic rings. The summed E-state index contributed by atoms with van der Waals surface area (Å²) >= 11 is 0. The van der Waals surface area contributed by atoms with Crippen LogP contribution in [0.1, 0.15) is 30.9 Å². The maximum Gasteiger partial charge on any atom is 0.0404 e. The van der Waals surface area contributed by atoms with Crippen molar-refractivity contribution in [2.24, 2.45) is 5.92 Å². The molecule has 17 heavy (non-hydrogen) atoms. The Hall–Kier alpha value is -1.02. The number of rotatable bonds is 1. The first kappa shape index (κ1) is 11.1. The van der Waals surface area contributed by atoms with Gasteiger partial charge in [-0.15, -0.1) is 0 Å². The Labute approximate surface area is 104 Å². The van der Waals surface area contributed by atoms with E-state index in [0.29, 0.717) is 6.04 Å². The predicted molar refractivity (Wildman–Crippen MR) is 72.8 cm³/mol. The second kappa shape index (κ2) is 4.02. The number of hydrogen-bond acceptors (Lipinski definition) is 2. The Morgan fingerprint density at radius 2 is 2.18 bits per heavy atom. The quantitative estimate of drug-likeness (QED) is 0.797. The van der Waals surface area contributed by atoms with E-state index in [1.807, 2.05) is 0 Å². The Morgan fingerprint density at radius 3 is 2.94 bits per heavy atom. The SMILES string of the molecule is CCN1c2ccc(C)cc2C2CNCC2C1C. The van der Waals surface area contributed by atoms with Gasteiger partial charge >= 0.3 is 0 Å². The third kappa shape index (κ3) is 1.58. The Kier molecular flexibility index (Phi) is 2.62. The van der Waals surface area contributed by atoms with Gasteiger partial charge in [-0.25, -0.2) is 0 Å². The molecule has 1 aromatic carbocycles. The lowest BCUT2D eigenvalue weighted by molar-refractivity contribution is 0.394. The van der Waals surface area contributed by atoms with Crippen LogP contribution in [-0.4, -0.2) is 25.7 Å². The summed E-state index contributed by atoms with van der Waals surface area (Å²) < 4.78 is 0. The summed E-state index contributed by atoms with van der Waals surface area (Å²) in [5.74, 6) is 1.51. The van der Waals surface area contributed by atoms with Crippen LogP contribution in [0, 0.1) is 12.8 Å². The zero-order chi connectivity index (χ0) is 12.0. The summed E-state index contributed by atoms with van der Waals surface area (Å²) in [4.78, 5) is 2.57. The van der Waals surface area contributed by atoms with Gasteiger partial charge in [0.2, 0.25) is 0 Å². The lowest BCUT2D eigenvalue weighted by atomic mass is 9.78. The number of aryl methyl sites for hydroxylation is 1. The molecule has 1 saturated heterocycles. The van der Waals surface area contributed by atoms with Gasteiger partial charge in [-0.3, -0.25) is 0 Å². The molecule has 1 fully saturated rings. The molecule has 0 aliphatic carbocycles. The van der Waals surface area contributed by atoms with Crippen molar-refractivity contribution in [2.75, 3.05) is 24.5 Å².